The van der Waals surface area contributed by atoms with Crippen LogP contribution in [0.4, 0.5) is 0 Å². The smallest absolute Gasteiger partial charge is 0.223 e. The van der Waals surface area contributed by atoms with E-state index in [1.807, 2.05) is 6.92 Å². The lowest BCUT2D eigenvalue weighted by Crippen LogP contribution is -2.30. The zero-order chi connectivity index (χ0) is 18.6. The minimum absolute atomic E-state index is 0.207. The van der Waals surface area contributed by atoms with Gasteiger partial charge in [0.15, 0.2) is 0 Å². The maximum atomic E-state index is 11.7. The highest BCUT2D eigenvalue weighted by molar-refractivity contribution is 5.80. The number of rotatable bonds is 7. The molecule has 0 atom stereocenters. The van der Waals surface area contributed by atoms with E-state index in [9.17, 15) is 4.79 Å². The zero-order valence-corrected chi connectivity index (χ0v) is 16.0. The van der Waals surface area contributed by atoms with Gasteiger partial charge in [-0.2, -0.15) is 0 Å². The molecule has 1 N–H and O–H groups in total. The molecule has 0 spiro atoms. The summed E-state index contributed by atoms with van der Waals surface area (Å²) in [6, 6.07) is 15.1. The summed E-state index contributed by atoms with van der Waals surface area (Å²) in [4.78, 5) is 14.2. The number of benzene rings is 2. The number of carbonyl (C=O) groups is 1. The molecule has 4 nitrogen and oxygen atoms in total. The van der Waals surface area contributed by atoms with Crippen LogP contribution in [0.15, 0.2) is 42.5 Å². The minimum atomic E-state index is 0.207. The number of fused-ring (bicyclic) bond motifs is 1. The molecule has 1 amide bonds. The van der Waals surface area contributed by atoms with Crippen molar-refractivity contribution in [1.29, 1.82) is 0 Å². The molecule has 1 fully saturated rings. The Morgan fingerprint density at radius 3 is 2.63 bits per heavy atom. The Morgan fingerprint density at radius 1 is 1.11 bits per heavy atom. The molecule has 142 valence electrons. The number of ether oxygens (including phenoxy) is 1. The maximum absolute atomic E-state index is 11.7. The first-order valence-electron chi connectivity index (χ1n) is 10.0. The SMILES string of the molecule is CCOc1ccc2c(c1)CCN(Cc1ccc(CNC(=O)C3CC3)cc1)C2. The molecule has 1 heterocycles. The van der Waals surface area contributed by atoms with Gasteiger partial charge in [-0.05, 0) is 60.6 Å². The zero-order valence-electron chi connectivity index (χ0n) is 16.0. The molecule has 2 aromatic carbocycles. The molecule has 4 heteroatoms. The number of hydrogen-bond acceptors (Lipinski definition) is 3. The fourth-order valence-electron chi connectivity index (χ4n) is 3.68. The van der Waals surface area contributed by atoms with Gasteiger partial charge in [0.2, 0.25) is 5.91 Å². The molecule has 0 radical (unpaired) electrons. The second-order valence-electron chi connectivity index (χ2n) is 7.63. The first kappa shape index (κ1) is 18.1. The third-order valence-electron chi connectivity index (χ3n) is 5.42. The largest absolute Gasteiger partial charge is 0.494 e. The molecule has 0 aromatic heterocycles. The van der Waals surface area contributed by atoms with Gasteiger partial charge < -0.3 is 10.1 Å². The highest BCUT2D eigenvalue weighted by atomic mass is 16.5. The van der Waals surface area contributed by atoms with Gasteiger partial charge in [0.05, 0.1) is 6.61 Å². The van der Waals surface area contributed by atoms with Gasteiger partial charge in [0, 0.05) is 32.1 Å². The van der Waals surface area contributed by atoms with Crippen molar-refractivity contribution in [3.05, 3.63) is 64.7 Å². The van der Waals surface area contributed by atoms with Crippen LogP contribution < -0.4 is 10.1 Å². The van der Waals surface area contributed by atoms with Gasteiger partial charge >= 0.3 is 0 Å². The van der Waals surface area contributed by atoms with Crippen molar-refractivity contribution in [1.82, 2.24) is 10.2 Å². The van der Waals surface area contributed by atoms with Crippen LogP contribution in [-0.4, -0.2) is 24.0 Å². The highest BCUT2D eigenvalue weighted by Crippen LogP contribution is 2.29. The number of nitrogens with one attached hydrogen (secondary N) is 1. The van der Waals surface area contributed by atoms with E-state index in [0.717, 1.165) is 44.6 Å². The number of carbonyl (C=O) groups excluding carboxylic acids is 1. The Balaban J connectivity index is 1.30. The Morgan fingerprint density at radius 2 is 1.89 bits per heavy atom. The summed E-state index contributed by atoms with van der Waals surface area (Å²) in [5.74, 6) is 1.46. The van der Waals surface area contributed by atoms with Gasteiger partial charge in [-0.3, -0.25) is 9.69 Å². The molecule has 4 rings (SSSR count). The second-order valence-corrected chi connectivity index (χ2v) is 7.63. The van der Waals surface area contributed by atoms with Crippen LogP contribution in [0.2, 0.25) is 0 Å². The van der Waals surface area contributed by atoms with Gasteiger partial charge in [-0.1, -0.05) is 30.3 Å². The molecule has 2 aromatic rings. The van der Waals surface area contributed by atoms with E-state index in [1.54, 1.807) is 0 Å². The van der Waals surface area contributed by atoms with Crippen molar-refractivity contribution in [2.75, 3.05) is 13.2 Å². The fraction of sp³-hybridized carbons (Fsp3) is 0.435. The van der Waals surface area contributed by atoms with Crippen molar-refractivity contribution < 1.29 is 9.53 Å². The summed E-state index contributed by atoms with van der Waals surface area (Å²) in [6.07, 6.45) is 3.18. The Kier molecular flexibility index (Phi) is 5.44. The molecule has 1 aliphatic carbocycles. The topological polar surface area (TPSA) is 41.6 Å². The first-order chi connectivity index (χ1) is 13.2. The van der Waals surface area contributed by atoms with E-state index in [-0.39, 0.29) is 11.8 Å². The number of hydrogen-bond donors (Lipinski definition) is 1. The van der Waals surface area contributed by atoms with Gasteiger partial charge in [0.1, 0.15) is 5.75 Å². The second kappa shape index (κ2) is 8.13. The van der Waals surface area contributed by atoms with E-state index in [0.29, 0.717) is 13.2 Å². The Hall–Kier alpha value is -2.33. The average molecular weight is 364 g/mol. The molecule has 27 heavy (non-hydrogen) atoms. The summed E-state index contributed by atoms with van der Waals surface area (Å²) in [7, 11) is 0. The highest BCUT2D eigenvalue weighted by Gasteiger charge is 2.29. The number of amides is 1. The lowest BCUT2D eigenvalue weighted by Gasteiger charge is -2.29. The summed E-state index contributed by atoms with van der Waals surface area (Å²) < 4.78 is 5.62. The van der Waals surface area contributed by atoms with Crippen LogP contribution in [0.1, 0.15) is 42.0 Å². The van der Waals surface area contributed by atoms with E-state index >= 15 is 0 Å². The Bertz CT molecular complexity index is 797. The molecule has 0 unspecified atom stereocenters. The standard InChI is InChI=1S/C23H28N2O2/c1-2-27-22-10-9-21-16-25(12-11-20(21)13-22)15-18-5-3-17(4-6-18)14-24-23(26)19-7-8-19/h3-6,9-10,13,19H,2,7-8,11-12,14-16H2,1H3,(H,24,26). The predicted molar refractivity (Wildman–Crippen MR) is 106 cm³/mol. The van der Waals surface area contributed by atoms with Crippen LogP contribution in [-0.2, 0) is 30.8 Å². The van der Waals surface area contributed by atoms with E-state index in [1.165, 1.54) is 22.3 Å². The molecule has 2 aliphatic rings. The van der Waals surface area contributed by atoms with Crippen LogP contribution in [0.25, 0.3) is 0 Å². The molecular formula is C23H28N2O2. The molecule has 1 aliphatic heterocycles. The molecular weight excluding hydrogens is 336 g/mol. The van der Waals surface area contributed by atoms with Gasteiger partial charge in [0.25, 0.3) is 0 Å². The van der Waals surface area contributed by atoms with Crippen LogP contribution >= 0.6 is 0 Å². The van der Waals surface area contributed by atoms with Crippen LogP contribution in [0.5, 0.6) is 5.75 Å². The predicted octanol–water partition coefficient (Wildman–Crippen LogP) is 3.67. The van der Waals surface area contributed by atoms with E-state index < -0.39 is 0 Å². The minimum Gasteiger partial charge on any atom is -0.494 e. The molecule has 1 saturated carbocycles. The van der Waals surface area contributed by atoms with Crippen molar-refractivity contribution in [3.63, 3.8) is 0 Å². The lowest BCUT2D eigenvalue weighted by molar-refractivity contribution is -0.122. The van der Waals surface area contributed by atoms with Crippen molar-refractivity contribution >= 4 is 5.91 Å². The fourth-order valence-corrected chi connectivity index (χ4v) is 3.68. The van der Waals surface area contributed by atoms with Gasteiger partial charge in [-0.25, -0.2) is 0 Å². The third kappa shape index (κ3) is 4.69. The van der Waals surface area contributed by atoms with Crippen molar-refractivity contribution in [2.45, 2.75) is 45.8 Å². The lowest BCUT2D eigenvalue weighted by atomic mass is 9.99. The van der Waals surface area contributed by atoms with Gasteiger partial charge in [-0.15, -0.1) is 0 Å². The van der Waals surface area contributed by atoms with Crippen LogP contribution in [0.3, 0.4) is 0 Å². The van der Waals surface area contributed by atoms with E-state index in [4.69, 9.17) is 4.74 Å². The average Bonchev–Trinajstić information content (AvgIpc) is 3.53. The first-order valence-corrected chi connectivity index (χ1v) is 10.0. The van der Waals surface area contributed by atoms with Crippen LogP contribution in [0, 0.1) is 5.92 Å². The maximum Gasteiger partial charge on any atom is 0.223 e. The summed E-state index contributed by atoms with van der Waals surface area (Å²) in [5.41, 5.74) is 5.31. The molecule has 0 saturated heterocycles. The summed E-state index contributed by atoms with van der Waals surface area (Å²) in [6.45, 7) is 6.39. The quantitative estimate of drug-likeness (QED) is 0.815. The van der Waals surface area contributed by atoms with Crippen molar-refractivity contribution in [2.24, 2.45) is 5.92 Å². The van der Waals surface area contributed by atoms with E-state index in [2.05, 4.69) is 52.7 Å². The summed E-state index contributed by atoms with van der Waals surface area (Å²) >= 11 is 0. The normalized spacial score (nSPS) is 16.6. The third-order valence-corrected chi connectivity index (χ3v) is 5.42. The molecule has 0 bridgehead atoms. The Labute approximate surface area is 161 Å². The monoisotopic (exact) mass is 364 g/mol. The summed E-state index contributed by atoms with van der Waals surface area (Å²) in [5, 5.41) is 3.03. The number of nitrogens with zero attached hydrogens (tertiary/aromatic N) is 1. The van der Waals surface area contributed by atoms with Crippen molar-refractivity contribution in [3.8, 4) is 5.75 Å².